The van der Waals surface area contributed by atoms with E-state index in [4.69, 9.17) is 23.8 Å². The Morgan fingerprint density at radius 3 is 2.48 bits per heavy atom. The van der Waals surface area contributed by atoms with Crippen LogP contribution in [0.25, 0.3) is 0 Å². The van der Waals surface area contributed by atoms with Crippen LogP contribution in [0.4, 0.5) is 22.7 Å². The molecule has 0 saturated carbocycles. The number of hydrogen-bond acceptors (Lipinski definition) is 3. The number of halogens is 1. The van der Waals surface area contributed by atoms with Gasteiger partial charge in [0.2, 0.25) is 0 Å². The standard InChI is InChI=1S/C15H13ClN4S/c1-9-17-13-6-5-12(8-14(13)18-9)20-15(21)19-11-4-2-3-10(16)7-11/h2-8,17-18H,1H2,(H2,19,20,21). The summed E-state index contributed by atoms with van der Waals surface area (Å²) in [7, 11) is 0. The van der Waals surface area contributed by atoms with Crippen LogP contribution < -0.4 is 21.3 Å². The molecule has 2 aromatic carbocycles. The average molecular weight is 317 g/mol. The highest BCUT2D eigenvalue weighted by atomic mass is 35.5. The molecule has 1 heterocycles. The zero-order valence-electron chi connectivity index (χ0n) is 11.0. The van der Waals surface area contributed by atoms with Gasteiger partial charge < -0.3 is 21.3 Å². The van der Waals surface area contributed by atoms with Gasteiger partial charge in [-0.15, -0.1) is 0 Å². The first-order chi connectivity index (χ1) is 10.1. The molecule has 6 heteroatoms. The molecule has 3 rings (SSSR count). The normalized spacial score (nSPS) is 12.1. The van der Waals surface area contributed by atoms with Gasteiger partial charge in [0.05, 0.1) is 11.4 Å². The summed E-state index contributed by atoms with van der Waals surface area (Å²) in [4.78, 5) is 0. The van der Waals surface area contributed by atoms with Crippen molar-refractivity contribution in [2.45, 2.75) is 0 Å². The molecule has 0 amide bonds. The van der Waals surface area contributed by atoms with Gasteiger partial charge in [-0.1, -0.05) is 24.2 Å². The highest BCUT2D eigenvalue weighted by Gasteiger charge is 2.12. The minimum Gasteiger partial charge on any atom is -0.341 e. The maximum atomic E-state index is 5.94. The number of rotatable bonds is 2. The van der Waals surface area contributed by atoms with Gasteiger partial charge in [0, 0.05) is 16.4 Å². The van der Waals surface area contributed by atoms with Crippen LogP contribution in [0.15, 0.2) is 54.9 Å². The lowest BCUT2D eigenvalue weighted by Gasteiger charge is -2.11. The van der Waals surface area contributed by atoms with Gasteiger partial charge in [-0.2, -0.15) is 0 Å². The lowest BCUT2D eigenvalue weighted by Crippen LogP contribution is -2.18. The quantitative estimate of drug-likeness (QED) is 0.616. The predicted molar refractivity (Wildman–Crippen MR) is 94.1 cm³/mol. The maximum Gasteiger partial charge on any atom is 0.175 e. The second-order valence-corrected chi connectivity index (χ2v) is 5.42. The molecule has 0 radical (unpaired) electrons. The fraction of sp³-hybridized carbons (Fsp3) is 0. The molecule has 4 nitrogen and oxygen atoms in total. The van der Waals surface area contributed by atoms with Crippen molar-refractivity contribution in [2.24, 2.45) is 0 Å². The molecular weight excluding hydrogens is 304 g/mol. The van der Waals surface area contributed by atoms with Crippen molar-refractivity contribution in [3.63, 3.8) is 0 Å². The van der Waals surface area contributed by atoms with Crippen molar-refractivity contribution in [3.05, 3.63) is 59.9 Å². The van der Waals surface area contributed by atoms with E-state index in [0.717, 1.165) is 28.6 Å². The van der Waals surface area contributed by atoms with E-state index in [1.165, 1.54) is 0 Å². The van der Waals surface area contributed by atoms with Crippen molar-refractivity contribution in [3.8, 4) is 0 Å². The Bertz CT molecular complexity index is 729. The Balaban J connectivity index is 1.68. The second-order valence-electron chi connectivity index (χ2n) is 4.58. The summed E-state index contributed by atoms with van der Waals surface area (Å²) in [5.41, 5.74) is 3.70. The van der Waals surface area contributed by atoms with Gasteiger partial charge in [0.25, 0.3) is 0 Å². The smallest absolute Gasteiger partial charge is 0.175 e. The molecule has 0 saturated heterocycles. The lowest BCUT2D eigenvalue weighted by molar-refractivity contribution is 1.52. The minimum atomic E-state index is 0.502. The number of fused-ring (bicyclic) bond motifs is 1. The van der Waals surface area contributed by atoms with Crippen LogP contribution in [0.2, 0.25) is 5.02 Å². The highest BCUT2D eigenvalue weighted by molar-refractivity contribution is 7.80. The summed E-state index contributed by atoms with van der Waals surface area (Å²) in [6.45, 7) is 3.83. The van der Waals surface area contributed by atoms with Gasteiger partial charge in [-0.3, -0.25) is 0 Å². The molecule has 1 aliphatic heterocycles. The second kappa shape index (κ2) is 5.63. The first kappa shape index (κ1) is 13.7. The van der Waals surface area contributed by atoms with E-state index in [1.807, 2.05) is 42.5 Å². The van der Waals surface area contributed by atoms with E-state index in [0.29, 0.717) is 10.1 Å². The molecule has 1 aliphatic rings. The Labute approximate surface area is 133 Å². The fourth-order valence-electron chi connectivity index (χ4n) is 2.05. The van der Waals surface area contributed by atoms with Crippen molar-refractivity contribution in [1.29, 1.82) is 0 Å². The topological polar surface area (TPSA) is 48.1 Å². The van der Waals surface area contributed by atoms with Crippen molar-refractivity contribution >= 4 is 51.7 Å². The van der Waals surface area contributed by atoms with Crippen LogP contribution in [0, 0.1) is 0 Å². The van der Waals surface area contributed by atoms with Crippen LogP contribution in [-0.2, 0) is 0 Å². The van der Waals surface area contributed by atoms with Crippen LogP contribution >= 0.6 is 23.8 Å². The molecule has 0 aliphatic carbocycles. The van der Waals surface area contributed by atoms with Gasteiger partial charge >= 0.3 is 0 Å². The maximum absolute atomic E-state index is 5.94. The number of anilines is 4. The molecular formula is C15H13ClN4S. The largest absolute Gasteiger partial charge is 0.341 e. The summed E-state index contributed by atoms with van der Waals surface area (Å²) in [6.07, 6.45) is 0. The van der Waals surface area contributed by atoms with Crippen LogP contribution in [0.5, 0.6) is 0 Å². The predicted octanol–water partition coefficient (Wildman–Crippen LogP) is 4.46. The van der Waals surface area contributed by atoms with Crippen molar-refractivity contribution in [2.75, 3.05) is 21.3 Å². The SMILES string of the molecule is C=C1Nc2ccc(NC(=S)Nc3cccc(Cl)c3)cc2N1. The zero-order valence-corrected chi connectivity index (χ0v) is 12.6. The highest BCUT2D eigenvalue weighted by Crippen LogP contribution is 2.32. The first-order valence-corrected chi connectivity index (χ1v) is 7.09. The summed E-state index contributed by atoms with van der Waals surface area (Å²) in [6, 6.07) is 13.3. The van der Waals surface area contributed by atoms with Crippen molar-refractivity contribution in [1.82, 2.24) is 0 Å². The van der Waals surface area contributed by atoms with E-state index in [2.05, 4.69) is 27.8 Å². The van der Waals surface area contributed by atoms with Crippen LogP contribution in [0.3, 0.4) is 0 Å². The third-order valence-corrected chi connectivity index (χ3v) is 3.37. The van der Waals surface area contributed by atoms with E-state index < -0.39 is 0 Å². The van der Waals surface area contributed by atoms with Gasteiger partial charge in [0.1, 0.15) is 5.82 Å². The van der Waals surface area contributed by atoms with E-state index in [1.54, 1.807) is 0 Å². The number of hydrogen-bond donors (Lipinski definition) is 4. The van der Waals surface area contributed by atoms with Crippen molar-refractivity contribution < 1.29 is 0 Å². The summed E-state index contributed by atoms with van der Waals surface area (Å²) < 4.78 is 0. The number of benzene rings is 2. The summed E-state index contributed by atoms with van der Waals surface area (Å²) in [5.74, 6) is 0.766. The minimum absolute atomic E-state index is 0.502. The Morgan fingerprint density at radius 2 is 1.71 bits per heavy atom. The molecule has 2 aromatic rings. The first-order valence-electron chi connectivity index (χ1n) is 6.31. The Kier molecular flexibility index (Phi) is 3.68. The monoisotopic (exact) mass is 316 g/mol. The molecule has 0 fully saturated rings. The van der Waals surface area contributed by atoms with E-state index in [-0.39, 0.29) is 0 Å². The molecule has 0 atom stereocenters. The lowest BCUT2D eigenvalue weighted by atomic mass is 10.2. The van der Waals surface area contributed by atoms with Crippen LogP contribution in [0.1, 0.15) is 0 Å². The van der Waals surface area contributed by atoms with Crippen LogP contribution in [-0.4, -0.2) is 5.11 Å². The number of thiocarbonyl (C=S) groups is 1. The molecule has 0 aromatic heterocycles. The summed E-state index contributed by atoms with van der Waals surface area (Å²) in [5, 5.41) is 13.7. The van der Waals surface area contributed by atoms with E-state index >= 15 is 0 Å². The third-order valence-electron chi connectivity index (χ3n) is 2.93. The van der Waals surface area contributed by atoms with Gasteiger partial charge in [-0.05, 0) is 48.6 Å². The van der Waals surface area contributed by atoms with E-state index in [9.17, 15) is 0 Å². The Hall–Kier alpha value is -2.24. The molecule has 21 heavy (non-hydrogen) atoms. The average Bonchev–Trinajstić information content (AvgIpc) is 2.78. The molecule has 0 bridgehead atoms. The zero-order chi connectivity index (χ0) is 14.8. The number of nitrogens with one attached hydrogen (secondary N) is 4. The summed E-state index contributed by atoms with van der Waals surface area (Å²) >= 11 is 11.2. The van der Waals surface area contributed by atoms with Gasteiger partial charge in [0.15, 0.2) is 5.11 Å². The van der Waals surface area contributed by atoms with Gasteiger partial charge in [-0.25, -0.2) is 0 Å². The fourth-order valence-corrected chi connectivity index (χ4v) is 2.48. The Morgan fingerprint density at radius 1 is 1.00 bits per heavy atom. The molecule has 4 N–H and O–H groups in total. The molecule has 106 valence electrons. The molecule has 0 spiro atoms. The third kappa shape index (κ3) is 3.26. The molecule has 0 unspecified atom stereocenters.